The van der Waals surface area contributed by atoms with Gasteiger partial charge in [0, 0.05) is 32.4 Å². The lowest BCUT2D eigenvalue weighted by Gasteiger charge is -2.33. The summed E-state index contributed by atoms with van der Waals surface area (Å²) < 4.78 is 44.3. The van der Waals surface area contributed by atoms with Crippen LogP contribution in [0.5, 0.6) is 0 Å². The Morgan fingerprint density at radius 2 is 2.25 bits per heavy atom. The number of ether oxygens (including phenoxy) is 1. The minimum Gasteiger partial charge on any atom is -0.374 e. The molecular weight excluding hydrogens is 323 g/mol. The van der Waals surface area contributed by atoms with Crippen molar-refractivity contribution < 1.29 is 22.7 Å². The molecule has 1 N–H and O–H groups in total. The summed E-state index contributed by atoms with van der Waals surface area (Å²) in [4.78, 5) is 17.9. The number of aromatic nitrogens is 1. The van der Waals surface area contributed by atoms with Crippen LogP contribution in [-0.4, -0.2) is 54.7 Å². The molecule has 0 aliphatic carbocycles. The molecule has 1 aliphatic heterocycles. The van der Waals surface area contributed by atoms with Crippen LogP contribution in [-0.2, 0) is 10.9 Å². The molecule has 5 nitrogen and oxygen atoms in total. The summed E-state index contributed by atoms with van der Waals surface area (Å²) >= 11 is 0. The topological polar surface area (TPSA) is 54.5 Å². The fourth-order valence-corrected chi connectivity index (χ4v) is 2.69. The van der Waals surface area contributed by atoms with Crippen LogP contribution in [0.4, 0.5) is 13.2 Å². The van der Waals surface area contributed by atoms with Crippen LogP contribution in [0.3, 0.4) is 0 Å². The van der Waals surface area contributed by atoms with E-state index in [1.165, 1.54) is 6.20 Å². The highest BCUT2D eigenvalue weighted by Crippen LogP contribution is 2.30. The fourth-order valence-electron chi connectivity index (χ4n) is 2.69. The van der Waals surface area contributed by atoms with Gasteiger partial charge in [0.05, 0.1) is 18.3 Å². The van der Waals surface area contributed by atoms with E-state index in [1.807, 2.05) is 0 Å². The van der Waals surface area contributed by atoms with E-state index < -0.39 is 23.3 Å². The van der Waals surface area contributed by atoms with Gasteiger partial charge in [-0.1, -0.05) is 13.8 Å². The normalized spacial score (nSPS) is 19.5. The first-order chi connectivity index (χ1) is 11.3. The van der Waals surface area contributed by atoms with Gasteiger partial charge in [-0.15, -0.1) is 0 Å². The number of carbonyl (C=O) groups is 1. The zero-order valence-electron chi connectivity index (χ0n) is 13.8. The molecule has 24 heavy (non-hydrogen) atoms. The van der Waals surface area contributed by atoms with Crippen molar-refractivity contribution in [3.05, 3.63) is 29.6 Å². The third-order valence-electron chi connectivity index (χ3n) is 3.66. The Morgan fingerprint density at radius 3 is 2.92 bits per heavy atom. The standard InChI is InChI=1S/C16H22F3N3O2/c1-11(2)9-22-6-7-24-12(10-22)8-21-15(23)14-13(16(17,18)19)4-3-5-20-14/h3-5,11-12H,6-10H2,1-2H3,(H,21,23). The van der Waals surface area contributed by atoms with E-state index in [9.17, 15) is 18.0 Å². The van der Waals surface area contributed by atoms with Gasteiger partial charge < -0.3 is 10.1 Å². The van der Waals surface area contributed by atoms with Crippen LogP contribution < -0.4 is 5.32 Å². The Kier molecular flexibility index (Phi) is 6.17. The number of amides is 1. The number of halogens is 3. The van der Waals surface area contributed by atoms with Crippen LogP contribution in [0.2, 0.25) is 0 Å². The first-order valence-corrected chi connectivity index (χ1v) is 7.91. The molecule has 1 aromatic heterocycles. The Hall–Kier alpha value is -1.67. The predicted octanol–water partition coefficient (Wildman–Crippen LogP) is 2.19. The number of nitrogens with zero attached hydrogens (tertiary/aromatic N) is 2. The van der Waals surface area contributed by atoms with Crippen LogP contribution >= 0.6 is 0 Å². The van der Waals surface area contributed by atoms with Crippen molar-refractivity contribution >= 4 is 5.91 Å². The summed E-state index contributed by atoms with van der Waals surface area (Å²) in [5, 5.41) is 2.50. The summed E-state index contributed by atoms with van der Waals surface area (Å²) in [6, 6.07) is 2.01. The Labute approximate surface area is 139 Å². The second kappa shape index (κ2) is 7.94. The number of pyridine rings is 1. The number of carbonyl (C=O) groups excluding carboxylic acids is 1. The predicted molar refractivity (Wildman–Crippen MR) is 82.6 cm³/mol. The summed E-state index contributed by atoms with van der Waals surface area (Å²) in [6.45, 7) is 7.32. The first kappa shape index (κ1) is 18.7. The van der Waals surface area contributed by atoms with Gasteiger partial charge >= 0.3 is 6.18 Å². The quantitative estimate of drug-likeness (QED) is 0.889. The third kappa shape index (κ3) is 5.17. The van der Waals surface area contributed by atoms with Gasteiger partial charge in [-0.2, -0.15) is 13.2 Å². The molecule has 1 unspecified atom stereocenters. The smallest absolute Gasteiger partial charge is 0.374 e. The third-order valence-corrected chi connectivity index (χ3v) is 3.66. The zero-order chi connectivity index (χ0) is 17.7. The highest BCUT2D eigenvalue weighted by Gasteiger charge is 2.36. The largest absolute Gasteiger partial charge is 0.418 e. The molecule has 2 rings (SSSR count). The maximum absolute atomic E-state index is 12.9. The van der Waals surface area contributed by atoms with E-state index in [-0.39, 0.29) is 12.6 Å². The lowest BCUT2D eigenvalue weighted by molar-refractivity contribution is -0.138. The minimum atomic E-state index is -4.61. The number of rotatable bonds is 5. The van der Waals surface area contributed by atoms with Gasteiger partial charge in [0.2, 0.25) is 0 Å². The maximum atomic E-state index is 12.9. The molecule has 134 valence electrons. The molecule has 0 aromatic carbocycles. The molecule has 2 heterocycles. The highest BCUT2D eigenvalue weighted by atomic mass is 19.4. The first-order valence-electron chi connectivity index (χ1n) is 7.91. The van der Waals surface area contributed by atoms with Crippen molar-refractivity contribution in [2.45, 2.75) is 26.1 Å². The van der Waals surface area contributed by atoms with Crippen molar-refractivity contribution in [3.8, 4) is 0 Å². The summed E-state index contributed by atoms with van der Waals surface area (Å²) in [7, 11) is 0. The molecule has 1 amide bonds. The number of morpholine rings is 1. The van der Waals surface area contributed by atoms with Gasteiger partial charge in [-0.05, 0) is 18.1 Å². The van der Waals surface area contributed by atoms with Crippen molar-refractivity contribution in [1.29, 1.82) is 0 Å². The fraction of sp³-hybridized carbons (Fsp3) is 0.625. The van der Waals surface area contributed by atoms with Gasteiger partial charge in [0.1, 0.15) is 5.69 Å². The van der Waals surface area contributed by atoms with Crippen LogP contribution in [0.25, 0.3) is 0 Å². The van der Waals surface area contributed by atoms with Crippen LogP contribution in [0.1, 0.15) is 29.9 Å². The summed E-state index contributed by atoms with van der Waals surface area (Å²) in [5.74, 6) is -0.325. The summed E-state index contributed by atoms with van der Waals surface area (Å²) in [6.07, 6.45) is -3.68. The van der Waals surface area contributed by atoms with Gasteiger partial charge in [0.15, 0.2) is 0 Å². The van der Waals surface area contributed by atoms with E-state index >= 15 is 0 Å². The Morgan fingerprint density at radius 1 is 1.50 bits per heavy atom. The average Bonchev–Trinajstić information content (AvgIpc) is 2.51. The molecule has 0 radical (unpaired) electrons. The average molecular weight is 345 g/mol. The lowest BCUT2D eigenvalue weighted by Crippen LogP contribution is -2.48. The lowest BCUT2D eigenvalue weighted by atomic mass is 10.1. The summed E-state index contributed by atoms with van der Waals surface area (Å²) in [5.41, 5.74) is -1.65. The molecule has 8 heteroatoms. The second-order valence-electron chi connectivity index (χ2n) is 6.25. The van der Waals surface area contributed by atoms with Gasteiger partial charge in [-0.25, -0.2) is 0 Å². The number of alkyl halides is 3. The molecule has 1 saturated heterocycles. The van der Waals surface area contributed by atoms with Crippen molar-refractivity contribution in [2.24, 2.45) is 5.92 Å². The molecule has 0 saturated carbocycles. The van der Waals surface area contributed by atoms with Crippen molar-refractivity contribution in [3.63, 3.8) is 0 Å². The highest BCUT2D eigenvalue weighted by molar-refractivity contribution is 5.93. The minimum absolute atomic E-state index is 0.154. The van der Waals surface area contributed by atoms with Crippen LogP contribution in [0.15, 0.2) is 18.3 Å². The number of hydrogen-bond donors (Lipinski definition) is 1. The van der Waals surface area contributed by atoms with Gasteiger partial charge in [-0.3, -0.25) is 14.7 Å². The zero-order valence-corrected chi connectivity index (χ0v) is 13.8. The van der Waals surface area contributed by atoms with Crippen molar-refractivity contribution in [2.75, 3.05) is 32.8 Å². The molecule has 0 bridgehead atoms. The molecular formula is C16H22F3N3O2. The van der Waals surface area contributed by atoms with E-state index in [4.69, 9.17) is 4.74 Å². The van der Waals surface area contributed by atoms with E-state index in [0.717, 1.165) is 25.2 Å². The Balaban J connectivity index is 1.94. The molecule has 1 atom stereocenters. The SMILES string of the molecule is CC(C)CN1CCOC(CNC(=O)c2ncccc2C(F)(F)F)C1. The van der Waals surface area contributed by atoms with E-state index in [0.29, 0.717) is 19.1 Å². The van der Waals surface area contributed by atoms with Crippen LogP contribution in [0, 0.1) is 5.92 Å². The molecule has 1 aliphatic rings. The molecule has 1 aromatic rings. The number of nitrogens with one attached hydrogen (secondary N) is 1. The second-order valence-corrected chi connectivity index (χ2v) is 6.25. The van der Waals surface area contributed by atoms with E-state index in [1.54, 1.807) is 0 Å². The maximum Gasteiger partial charge on any atom is 0.418 e. The molecule has 1 fully saturated rings. The monoisotopic (exact) mass is 345 g/mol. The Bertz CT molecular complexity index is 564. The van der Waals surface area contributed by atoms with Crippen molar-refractivity contribution in [1.82, 2.24) is 15.2 Å². The van der Waals surface area contributed by atoms with Gasteiger partial charge in [0.25, 0.3) is 5.91 Å². The van der Waals surface area contributed by atoms with E-state index in [2.05, 4.69) is 29.0 Å². The molecule has 0 spiro atoms. The number of hydrogen-bond acceptors (Lipinski definition) is 4.